The van der Waals surface area contributed by atoms with Crippen LogP contribution in [0.2, 0.25) is 0 Å². The Kier molecular flexibility index (Phi) is 6.67. The number of anilines is 3. The largest absolute Gasteiger partial charge is 0.495 e. The van der Waals surface area contributed by atoms with Crippen molar-refractivity contribution in [2.24, 2.45) is 0 Å². The van der Waals surface area contributed by atoms with Crippen LogP contribution >= 0.6 is 0 Å². The fraction of sp³-hybridized carbons (Fsp3) is 0.130. The SMILES string of the molecule is COC(=O)c1cccc(NC(=O)c2ccc(OC)c(Nc3cccc(C(F)(F)F)c3)c2)c1. The molecule has 0 aromatic heterocycles. The number of hydrogen-bond acceptors (Lipinski definition) is 5. The number of nitrogens with one attached hydrogen (secondary N) is 2. The van der Waals surface area contributed by atoms with Crippen molar-refractivity contribution in [1.82, 2.24) is 0 Å². The molecule has 3 aromatic rings. The minimum atomic E-state index is -4.48. The number of carbonyl (C=O) groups excluding carboxylic acids is 2. The van der Waals surface area contributed by atoms with Crippen LogP contribution < -0.4 is 15.4 Å². The molecule has 0 bridgehead atoms. The first-order chi connectivity index (χ1) is 15.2. The van der Waals surface area contributed by atoms with Gasteiger partial charge in [0.1, 0.15) is 5.75 Å². The molecule has 0 saturated heterocycles. The first-order valence-corrected chi connectivity index (χ1v) is 9.33. The maximum Gasteiger partial charge on any atom is 0.416 e. The third-order valence-electron chi connectivity index (χ3n) is 4.47. The second-order valence-corrected chi connectivity index (χ2v) is 6.65. The van der Waals surface area contributed by atoms with Gasteiger partial charge >= 0.3 is 12.1 Å². The highest BCUT2D eigenvalue weighted by Crippen LogP contribution is 2.33. The zero-order chi connectivity index (χ0) is 23.3. The van der Waals surface area contributed by atoms with Crippen LogP contribution in [0.4, 0.5) is 30.2 Å². The zero-order valence-electron chi connectivity index (χ0n) is 17.1. The Labute approximate surface area is 182 Å². The molecule has 1 amide bonds. The van der Waals surface area contributed by atoms with Gasteiger partial charge in [-0.05, 0) is 54.6 Å². The molecule has 3 rings (SSSR count). The van der Waals surface area contributed by atoms with E-state index in [2.05, 4.69) is 15.4 Å². The first-order valence-electron chi connectivity index (χ1n) is 9.33. The molecule has 0 aliphatic carbocycles. The molecule has 3 aromatic carbocycles. The normalized spacial score (nSPS) is 10.9. The van der Waals surface area contributed by atoms with Crippen LogP contribution in [0.5, 0.6) is 5.75 Å². The zero-order valence-corrected chi connectivity index (χ0v) is 17.1. The summed E-state index contributed by atoms with van der Waals surface area (Å²) in [7, 11) is 2.66. The second kappa shape index (κ2) is 9.42. The van der Waals surface area contributed by atoms with E-state index >= 15 is 0 Å². The summed E-state index contributed by atoms with van der Waals surface area (Å²) in [5.41, 5.74) is 0.557. The van der Waals surface area contributed by atoms with Gasteiger partial charge < -0.3 is 20.1 Å². The van der Waals surface area contributed by atoms with Crippen LogP contribution in [0.3, 0.4) is 0 Å². The summed E-state index contributed by atoms with van der Waals surface area (Å²) in [4.78, 5) is 24.4. The Morgan fingerprint density at radius 3 is 2.25 bits per heavy atom. The fourth-order valence-electron chi connectivity index (χ4n) is 2.92. The Morgan fingerprint density at radius 2 is 1.56 bits per heavy atom. The summed E-state index contributed by atoms with van der Waals surface area (Å²) in [5, 5.41) is 5.53. The van der Waals surface area contributed by atoms with Gasteiger partial charge in [-0.25, -0.2) is 4.79 Å². The average molecular weight is 444 g/mol. The lowest BCUT2D eigenvalue weighted by atomic mass is 10.1. The highest BCUT2D eigenvalue weighted by Gasteiger charge is 2.30. The quantitative estimate of drug-likeness (QED) is 0.491. The van der Waals surface area contributed by atoms with E-state index < -0.39 is 23.6 Å². The van der Waals surface area contributed by atoms with Gasteiger partial charge in [0.05, 0.1) is 31.0 Å². The Bertz CT molecular complexity index is 1150. The molecule has 166 valence electrons. The predicted octanol–water partition coefficient (Wildman–Crippen LogP) is 5.50. The second-order valence-electron chi connectivity index (χ2n) is 6.65. The Hall–Kier alpha value is -4.01. The topological polar surface area (TPSA) is 76.7 Å². The Balaban J connectivity index is 1.85. The number of alkyl halides is 3. The van der Waals surface area contributed by atoms with Gasteiger partial charge in [0.25, 0.3) is 5.91 Å². The van der Waals surface area contributed by atoms with Crippen molar-refractivity contribution in [3.8, 4) is 5.75 Å². The van der Waals surface area contributed by atoms with Crippen LogP contribution in [0.15, 0.2) is 66.7 Å². The number of esters is 1. The van der Waals surface area contributed by atoms with Crippen LogP contribution in [0.1, 0.15) is 26.3 Å². The minimum absolute atomic E-state index is 0.182. The van der Waals surface area contributed by atoms with Crippen molar-refractivity contribution in [3.05, 3.63) is 83.4 Å². The number of halogens is 3. The van der Waals surface area contributed by atoms with Crippen LogP contribution in [-0.2, 0) is 10.9 Å². The number of amides is 1. The average Bonchev–Trinajstić information content (AvgIpc) is 2.78. The number of benzene rings is 3. The van der Waals surface area contributed by atoms with E-state index in [0.29, 0.717) is 17.1 Å². The van der Waals surface area contributed by atoms with Gasteiger partial charge in [0.15, 0.2) is 0 Å². The van der Waals surface area contributed by atoms with Gasteiger partial charge in [-0.15, -0.1) is 0 Å². The number of ether oxygens (including phenoxy) is 2. The van der Waals surface area contributed by atoms with Gasteiger partial charge in [0.2, 0.25) is 0 Å². The van der Waals surface area contributed by atoms with Crippen molar-refractivity contribution >= 4 is 28.9 Å². The van der Waals surface area contributed by atoms with Crippen LogP contribution in [0, 0.1) is 0 Å². The smallest absolute Gasteiger partial charge is 0.416 e. The number of carbonyl (C=O) groups is 2. The van der Waals surface area contributed by atoms with Crippen LogP contribution in [0.25, 0.3) is 0 Å². The molecule has 0 atom stereocenters. The summed E-state index contributed by atoms with van der Waals surface area (Å²) in [5.74, 6) is -0.688. The van der Waals surface area contributed by atoms with Gasteiger partial charge in [-0.2, -0.15) is 13.2 Å². The molecule has 0 aliphatic rings. The van der Waals surface area contributed by atoms with E-state index in [1.807, 2.05) is 0 Å². The van der Waals surface area contributed by atoms with Crippen LogP contribution in [-0.4, -0.2) is 26.1 Å². The van der Waals surface area contributed by atoms with E-state index in [1.54, 1.807) is 18.2 Å². The van der Waals surface area contributed by atoms with Crippen molar-refractivity contribution < 1.29 is 32.2 Å². The van der Waals surface area contributed by atoms with E-state index in [-0.39, 0.29) is 16.8 Å². The third kappa shape index (κ3) is 5.37. The molecular weight excluding hydrogens is 425 g/mol. The summed E-state index contributed by atoms with van der Waals surface area (Å²) >= 11 is 0. The minimum Gasteiger partial charge on any atom is -0.495 e. The molecule has 0 radical (unpaired) electrons. The molecule has 6 nitrogen and oxygen atoms in total. The van der Waals surface area contributed by atoms with E-state index in [9.17, 15) is 22.8 Å². The molecule has 2 N–H and O–H groups in total. The maximum absolute atomic E-state index is 13.0. The highest BCUT2D eigenvalue weighted by molar-refractivity contribution is 6.05. The number of hydrogen-bond donors (Lipinski definition) is 2. The molecule has 0 fully saturated rings. The molecule has 0 saturated carbocycles. The van der Waals surface area contributed by atoms with Crippen molar-refractivity contribution in [1.29, 1.82) is 0 Å². The lowest BCUT2D eigenvalue weighted by molar-refractivity contribution is -0.137. The lowest BCUT2D eigenvalue weighted by Gasteiger charge is -2.15. The molecular formula is C23H19F3N2O4. The predicted molar refractivity (Wildman–Crippen MR) is 113 cm³/mol. The molecule has 0 heterocycles. The summed E-state index contributed by atoms with van der Waals surface area (Å²) in [6.45, 7) is 0. The first kappa shape index (κ1) is 22.7. The standard InChI is InChI=1S/C23H19F3N2O4/c1-31-20-10-9-14(21(29)28-17-7-3-5-15(11-17)22(30)32-2)12-19(20)27-18-8-4-6-16(13-18)23(24,25)26/h3-13,27H,1-2H3,(H,28,29). The van der Waals surface area contributed by atoms with Crippen molar-refractivity contribution in [2.75, 3.05) is 24.9 Å². The molecule has 0 spiro atoms. The fourth-order valence-corrected chi connectivity index (χ4v) is 2.92. The molecule has 0 aliphatic heterocycles. The summed E-state index contributed by atoms with van der Waals surface area (Å²) < 4.78 is 48.9. The highest BCUT2D eigenvalue weighted by atomic mass is 19.4. The van der Waals surface area contributed by atoms with E-state index in [1.165, 1.54) is 50.6 Å². The third-order valence-corrected chi connectivity index (χ3v) is 4.47. The van der Waals surface area contributed by atoms with E-state index in [0.717, 1.165) is 12.1 Å². The monoisotopic (exact) mass is 444 g/mol. The van der Waals surface area contributed by atoms with E-state index in [4.69, 9.17) is 4.74 Å². The summed E-state index contributed by atoms with van der Waals surface area (Å²) in [6.07, 6.45) is -4.48. The lowest BCUT2D eigenvalue weighted by Crippen LogP contribution is -2.13. The Morgan fingerprint density at radius 1 is 0.844 bits per heavy atom. The molecule has 32 heavy (non-hydrogen) atoms. The van der Waals surface area contributed by atoms with Gasteiger partial charge in [0, 0.05) is 16.9 Å². The van der Waals surface area contributed by atoms with Crippen molar-refractivity contribution in [2.45, 2.75) is 6.18 Å². The number of methoxy groups -OCH3 is 2. The molecule has 0 unspecified atom stereocenters. The summed E-state index contributed by atoms with van der Waals surface area (Å²) in [6, 6.07) is 15.4. The number of rotatable bonds is 6. The molecule has 9 heteroatoms. The van der Waals surface area contributed by atoms with Crippen molar-refractivity contribution in [3.63, 3.8) is 0 Å². The maximum atomic E-state index is 13.0. The van der Waals surface area contributed by atoms with Gasteiger partial charge in [-0.3, -0.25) is 4.79 Å². The van der Waals surface area contributed by atoms with Gasteiger partial charge in [-0.1, -0.05) is 12.1 Å².